The maximum Gasteiger partial charge on any atom is 0.586 e. The van der Waals surface area contributed by atoms with Crippen LogP contribution in [0.25, 0.3) is 22.1 Å². The quantitative estimate of drug-likeness (QED) is 0.142. The molecule has 4 amide bonds. The van der Waals surface area contributed by atoms with E-state index in [1.165, 1.54) is 21.9 Å². The number of alkyl carbamates (subject to hydrolysis) is 2. The summed E-state index contributed by atoms with van der Waals surface area (Å²) in [6.45, 7) is 16.7. The van der Waals surface area contributed by atoms with Crippen LogP contribution in [0.15, 0.2) is 24.3 Å². The Balaban J connectivity index is 0.000000211. The Morgan fingerprint density at radius 2 is 1.03 bits per heavy atom. The minimum Gasteiger partial charge on any atom is -0.540 e. The SMILES string of the molecule is CC[C@@H]1[C@@H]2CN(C(=O)[C@H](C(C)(C)C)NC(=O)O[C@@H]3C[C@H]3CCCCCc3nc4ccc5c(c4nc3O2)OC(F)(F)O5)[C@@H]1[C-]=O.CC[C@@H]1[C@@H]2CN(C(=O)[C@H](C(C)(C)C)NC(=O)O[C@]3(C)C[C@H]3CCCCCc3nc4ccc5c(c4nc3O2)OC(F)(F)O5)[C@@H]1[C-]=O.[V].[V]. The van der Waals surface area contributed by atoms with Crippen molar-refractivity contribution in [2.75, 3.05) is 13.1 Å². The van der Waals surface area contributed by atoms with Gasteiger partial charge in [0.25, 0.3) is 0 Å². The fourth-order valence-corrected chi connectivity index (χ4v) is 13.3. The third kappa shape index (κ3) is 14.6. The Bertz CT molecular complexity index is 3430. The number of rotatable bonds is 4. The molecule has 2 aliphatic carbocycles. The third-order valence-electron chi connectivity index (χ3n) is 18.4. The summed E-state index contributed by atoms with van der Waals surface area (Å²) in [6.07, 6.45) is 3.87. The number of nitrogens with one attached hydrogen (secondary N) is 2. The number of halogens is 4. The summed E-state index contributed by atoms with van der Waals surface area (Å²) in [6, 6.07) is 2.00. The Labute approximate surface area is 548 Å². The molecule has 12 rings (SSSR count). The van der Waals surface area contributed by atoms with Gasteiger partial charge in [0.05, 0.1) is 24.1 Å². The first kappa shape index (κ1) is 69.0. The number of nitrogens with zero attached hydrogens (tertiary/aromatic N) is 6. The fraction of sp³-hybridized carbons (Fsp3) is 0.651. The molecule has 4 fully saturated rings. The molecular formula is C63H76F4N8O14V2-2. The molecule has 2 saturated heterocycles. The van der Waals surface area contributed by atoms with E-state index in [1.807, 2.05) is 74.9 Å². The molecule has 28 heteroatoms. The zero-order valence-corrected chi connectivity index (χ0v) is 55.1. The minimum atomic E-state index is -3.84. The first-order valence-corrected chi connectivity index (χ1v) is 31.0. The predicted molar refractivity (Wildman–Crippen MR) is 309 cm³/mol. The van der Waals surface area contributed by atoms with Gasteiger partial charge in [-0.2, -0.15) is 0 Å². The molecule has 2 aromatic carbocycles. The van der Waals surface area contributed by atoms with Gasteiger partial charge in [0.2, 0.25) is 35.1 Å². The molecule has 2 radical (unpaired) electrons. The van der Waals surface area contributed by atoms with E-state index < -0.39 is 101 Å². The number of hydrogen-bond acceptors (Lipinski definition) is 18. The number of aryl methyl sites for hydroxylation is 2. The first-order chi connectivity index (χ1) is 42.1. The van der Waals surface area contributed by atoms with Crippen molar-refractivity contribution < 1.29 is 121 Å². The average molecular weight is 1350 g/mol. The van der Waals surface area contributed by atoms with Crippen molar-refractivity contribution in [1.82, 2.24) is 40.4 Å². The van der Waals surface area contributed by atoms with Gasteiger partial charge in [0.1, 0.15) is 58.4 Å². The molecule has 4 aromatic rings. The largest absolute Gasteiger partial charge is 0.586 e. The molecule has 6 aliphatic heterocycles. The van der Waals surface area contributed by atoms with Crippen molar-refractivity contribution in [2.45, 2.75) is 213 Å². The predicted octanol–water partition coefficient (Wildman–Crippen LogP) is 9.77. The number of aromatic nitrogens is 4. The first-order valence-electron chi connectivity index (χ1n) is 31.0. The maximum absolute atomic E-state index is 14.1. The zero-order valence-electron chi connectivity index (χ0n) is 52.3. The summed E-state index contributed by atoms with van der Waals surface area (Å²) in [4.78, 5) is 100. The molecule has 22 nitrogen and oxygen atoms in total. The summed E-state index contributed by atoms with van der Waals surface area (Å²) in [7, 11) is 0. The molecule has 2 saturated carbocycles. The van der Waals surface area contributed by atoms with Gasteiger partial charge >= 0.3 is 24.8 Å². The second kappa shape index (κ2) is 26.6. The van der Waals surface area contributed by atoms with Gasteiger partial charge in [-0.25, -0.2) is 42.1 Å². The van der Waals surface area contributed by atoms with E-state index in [4.69, 9.17) is 38.4 Å². The van der Waals surface area contributed by atoms with E-state index in [2.05, 4.69) is 30.1 Å². The van der Waals surface area contributed by atoms with Gasteiger partial charge in [-0.15, -0.1) is 17.6 Å². The van der Waals surface area contributed by atoms with Gasteiger partial charge in [-0.1, -0.05) is 106 Å². The van der Waals surface area contributed by atoms with Crippen molar-refractivity contribution in [3.05, 3.63) is 35.7 Å². The van der Waals surface area contributed by atoms with Gasteiger partial charge in [-0.05, 0) is 111 Å². The van der Waals surface area contributed by atoms with Crippen LogP contribution >= 0.6 is 0 Å². The zero-order chi connectivity index (χ0) is 63.7. The van der Waals surface area contributed by atoms with Crippen LogP contribution in [0.5, 0.6) is 34.8 Å². The molecule has 492 valence electrons. The van der Waals surface area contributed by atoms with Gasteiger partial charge in [0, 0.05) is 43.0 Å². The van der Waals surface area contributed by atoms with E-state index in [0.717, 1.165) is 64.2 Å². The third-order valence-corrected chi connectivity index (χ3v) is 18.4. The monoisotopic (exact) mass is 1350 g/mol. The van der Waals surface area contributed by atoms with Crippen LogP contribution in [0.1, 0.15) is 151 Å². The molecule has 2 aromatic heterocycles. The van der Waals surface area contributed by atoms with Crippen LogP contribution in [0.2, 0.25) is 0 Å². The smallest absolute Gasteiger partial charge is 0.540 e. The topological polar surface area (TPSA) is 258 Å². The summed E-state index contributed by atoms with van der Waals surface area (Å²) >= 11 is 0. The van der Waals surface area contributed by atoms with Gasteiger partial charge in [0.15, 0.2) is 11.5 Å². The Hall–Kier alpha value is -6.37. The Morgan fingerprint density at radius 1 is 0.582 bits per heavy atom. The number of benzene rings is 2. The summed E-state index contributed by atoms with van der Waals surface area (Å²) in [5, 5.41) is 5.55. The van der Waals surface area contributed by atoms with Crippen LogP contribution in [-0.4, -0.2) is 140 Å². The molecule has 2 N–H and O–H groups in total. The van der Waals surface area contributed by atoms with Crippen LogP contribution in [0.3, 0.4) is 0 Å². The molecule has 8 aliphatic rings. The summed E-state index contributed by atoms with van der Waals surface area (Å²) in [5.41, 5.74) is -0.0943. The second-order valence-electron chi connectivity index (χ2n) is 27.0. The van der Waals surface area contributed by atoms with E-state index >= 15 is 0 Å². The summed E-state index contributed by atoms with van der Waals surface area (Å²) in [5.74, 6) is -1.85. The molecule has 0 unspecified atom stereocenters. The molecule has 12 atom stereocenters. The van der Waals surface area contributed by atoms with Gasteiger partial charge < -0.3 is 67.9 Å². The number of amides is 4. The number of carbonyl (C=O) groups is 4. The van der Waals surface area contributed by atoms with Crippen LogP contribution in [-0.2, 0) is 78.6 Å². The standard InChI is InChI=1S/C32H39F2N4O7.C31H37F2N4O7.2V/c1-6-18-21(16-39)38-15-23(18)42-27-20(35-19-12-13-22-25(24(19)36-27)44-32(33,34)43-22)11-9-7-8-10-17-14-31(17,5)45-29(41)37-26(28(38)40)30(2,3)4;1-5-17-20(15-38)37-14-23(17)41-27-19(34-18-11-12-21-25(24(18)35-27)44-31(32,33)43-21)10-8-6-7-9-16-13-22(16)42-29(40)36-26(28(37)39)30(2,3)4;;/h12-13,17-18,21,23,26H,6-11,14-15H2,1-5H3,(H,37,41);11-12,16-17,20,22-23,26H,5-10,13-14H2,1-4H3,(H,36,40);;/q2*-1;;/t17-,18+,21-,23+,26-,31-;16-,17+,20-,22-,23+,26-;;/m11../s1. The van der Waals surface area contributed by atoms with Crippen molar-refractivity contribution in [2.24, 2.45) is 34.5 Å². The number of hydrogen-bond donors (Lipinski definition) is 2. The maximum atomic E-state index is 14.1. The van der Waals surface area contributed by atoms with Crippen LogP contribution in [0.4, 0.5) is 27.2 Å². The second-order valence-corrected chi connectivity index (χ2v) is 27.0. The minimum absolute atomic E-state index is 0. The average Bonchev–Trinajstić information content (AvgIpc) is 1.69. The molecule has 8 heterocycles. The Kier molecular flexibility index (Phi) is 20.1. The number of ether oxygens (including phenoxy) is 8. The molecule has 0 spiro atoms. The van der Waals surface area contributed by atoms with Crippen LogP contribution in [0, 0.1) is 34.5 Å². The fourth-order valence-electron chi connectivity index (χ4n) is 13.3. The van der Waals surface area contributed by atoms with Gasteiger partial charge in [-0.3, -0.25) is 9.59 Å². The summed E-state index contributed by atoms with van der Waals surface area (Å²) < 4.78 is 99.1. The Morgan fingerprint density at radius 3 is 1.47 bits per heavy atom. The van der Waals surface area contributed by atoms with Crippen LogP contribution < -0.4 is 39.1 Å². The number of carbonyl (C=O) groups excluding carboxylic acids is 6. The molecular weight excluding hydrogens is 1270 g/mol. The van der Waals surface area contributed by atoms with Crippen molar-refractivity contribution >= 4 is 58.6 Å². The normalized spacial score (nSPS) is 30.2. The molecule has 91 heavy (non-hydrogen) atoms. The number of fused-ring (bicyclic) bond motifs is 14. The molecule has 4 bridgehead atoms. The van der Waals surface area contributed by atoms with E-state index in [1.54, 1.807) is 12.1 Å². The van der Waals surface area contributed by atoms with Crippen molar-refractivity contribution in [1.29, 1.82) is 0 Å². The van der Waals surface area contributed by atoms with Crippen molar-refractivity contribution in [3.8, 4) is 34.8 Å². The van der Waals surface area contributed by atoms with E-state index in [9.17, 15) is 46.3 Å². The van der Waals surface area contributed by atoms with E-state index in [0.29, 0.717) is 48.1 Å². The van der Waals surface area contributed by atoms with E-state index in [-0.39, 0.29) is 114 Å². The van der Waals surface area contributed by atoms with Crippen molar-refractivity contribution in [3.63, 3.8) is 0 Å². The number of alkyl halides is 4.